The third kappa shape index (κ3) is 7.51. The van der Waals surface area contributed by atoms with Crippen LogP contribution in [-0.2, 0) is 0 Å². The van der Waals surface area contributed by atoms with Gasteiger partial charge in [-0.2, -0.15) is 9.97 Å². The molecule has 27 heavy (non-hydrogen) atoms. The van der Waals surface area contributed by atoms with Crippen LogP contribution in [0.5, 0.6) is 11.8 Å². The number of allylic oxidation sites excluding steroid dienone is 2. The summed E-state index contributed by atoms with van der Waals surface area (Å²) >= 11 is 0. The van der Waals surface area contributed by atoms with Gasteiger partial charge in [0.05, 0.1) is 20.3 Å². The standard InChI is InChI=1S/C23H40N2O2/c1-9-11-12-17(3)16-23(5,6)18(4)13-14-19(10-2)22-24-20(26-7)15-21(25-22)27-8/h13-15,17-19H,9-12,16H2,1-8H3/b14-13+/t17-,18?,19?/m0/s1. The first kappa shape index (κ1) is 23.5. The van der Waals surface area contributed by atoms with Gasteiger partial charge in [0.2, 0.25) is 11.8 Å². The van der Waals surface area contributed by atoms with Gasteiger partial charge < -0.3 is 9.47 Å². The SMILES string of the molecule is CCCC[C@H](C)CC(C)(C)C(C)/C=C/C(CC)c1nc(OC)cc(OC)n1. The van der Waals surface area contributed by atoms with Crippen molar-refractivity contribution in [1.82, 2.24) is 9.97 Å². The number of hydrogen-bond acceptors (Lipinski definition) is 4. The first-order valence-corrected chi connectivity index (χ1v) is 10.4. The molecule has 1 rings (SSSR count). The lowest BCUT2D eigenvalue weighted by Gasteiger charge is -2.33. The molecule has 0 fully saturated rings. The maximum atomic E-state index is 5.29. The molecular formula is C23H40N2O2. The molecule has 3 atom stereocenters. The molecule has 0 aliphatic rings. The molecule has 4 heteroatoms. The fraction of sp³-hybridized carbons (Fsp3) is 0.739. The lowest BCUT2D eigenvalue weighted by Crippen LogP contribution is -2.23. The summed E-state index contributed by atoms with van der Waals surface area (Å²) in [6.07, 6.45) is 10.7. The van der Waals surface area contributed by atoms with Gasteiger partial charge in [-0.05, 0) is 30.1 Å². The summed E-state index contributed by atoms with van der Waals surface area (Å²) in [6, 6.07) is 1.71. The first-order chi connectivity index (χ1) is 12.8. The van der Waals surface area contributed by atoms with Crippen LogP contribution in [0.2, 0.25) is 0 Å². The quantitative estimate of drug-likeness (QED) is 0.395. The maximum absolute atomic E-state index is 5.29. The van der Waals surface area contributed by atoms with E-state index < -0.39 is 0 Å². The van der Waals surface area contributed by atoms with Gasteiger partial charge in [-0.1, -0.05) is 73.0 Å². The van der Waals surface area contributed by atoms with E-state index in [2.05, 4.69) is 63.7 Å². The zero-order valence-electron chi connectivity index (χ0n) is 18.7. The van der Waals surface area contributed by atoms with Crippen LogP contribution in [0.25, 0.3) is 0 Å². The van der Waals surface area contributed by atoms with Crippen molar-refractivity contribution in [2.24, 2.45) is 17.3 Å². The number of aromatic nitrogens is 2. The molecule has 1 heterocycles. The van der Waals surface area contributed by atoms with Crippen molar-refractivity contribution in [2.75, 3.05) is 14.2 Å². The molecule has 0 N–H and O–H groups in total. The van der Waals surface area contributed by atoms with Crippen molar-refractivity contribution in [3.8, 4) is 11.8 Å². The molecule has 1 aromatic heterocycles. The monoisotopic (exact) mass is 376 g/mol. The van der Waals surface area contributed by atoms with E-state index in [4.69, 9.17) is 9.47 Å². The number of hydrogen-bond donors (Lipinski definition) is 0. The average molecular weight is 377 g/mol. The highest BCUT2D eigenvalue weighted by Gasteiger charge is 2.26. The molecule has 0 aliphatic heterocycles. The highest BCUT2D eigenvalue weighted by molar-refractivity contribution is 5.23. The second kappa shape index (κ2) is 11.3. The van der Waals surface area contributed by atoms with Crippen LogP contribution < -0.4 is 9.47 Å². The Hall–Kier alpha value is -1.58. The van der Waals surface area contributed by atoms with Crippen LogP contribution in [0.15, 0.2) is 18.2 Å². The molecule has 2 unspecified atom stereocenters. The van der Waals surface area contributed by atoms with Crippen LogP contribution in [-0.4, -0.2) is 24.2 Å². The van der Waals surface area contributed by atoms with Gasteiger partial charge in [-0.3, -0.25) is 0 Å². The van der Waals surface area contributed by atoms with Crippen molar-refractivity contribution in [3.63, 3.8) is 0 Å². The smallest absolute Gasteiger partial charge is 0.220 e. The summed E-state index contributed by atoms with van der Waals surface area (Å²) in [6.45, 7) is 13.9. The summed E-state index contributed by atoms with van der Waals surface area (Å²) in [5.74, 6) is 3.26. The molecule has 4 nitrogen and oxygen atoms in total. The zero-order chi connectivity index (χ0) is 20.4. The lowest BCUT2D eigenvalue weighted by atomic mass is 9.72. The Kier molecular flexibility index (Phi) is 9.82. The Bertz CT molecular complexity index is 561. The van der Waals surface area contributed by atoms with Gasteiger partial charge in [0.15, 0.2) is 0 Å². The number of rotatable bonds is 12. The third-order valence-corrected chi connectivity index (χ3v) is 5.68. The molecule has 0 radical (unpaired) electrons. The Morgan fingerprint density at radius 1 is 1.04 bits per heavy atom. The van der Waals surface area contributed by atoms with Crippen LogP contribution in [0, 0.1) is 17.3 Å². The van der Waals surface area contributed by atoms with E-state index in [9.17, 15) is 0 Å². The molecule has 0 aliphatic carbocycles. The summed E-state index contributed by atoms with van der Waals surface area (Å²) < 4.78 is 10.6. The summed E-state index contributed by atoms with van der Waals surface area (Å²) in [7, 11) is 3.24. The Morgan fingerprint density at radius 2 is 1.63 bits per heavy atom. The summed E-state index contributed by atoms with van der Waals surface area (Å²) in [5, 5.41) is 0. The number of ether oxygens (including phenoxy) is 2. The normalized spacial score (nSPS) is 15.6. The van der Waals surface area contributed by atoms with Crippen molar-refractivity contribution in [2.45, 2.75) is 79.6 Å². The van der Waals surface area contributed by atoms with E-state index in [0.29, 0.717) is 17.7 Å². The highest BCUT2D eigenvalue weighted by atomic mass is 16.5. The van der Waals surface area contributed by atoms with Crippen LogP contribution in [0.3, 0.4) is 0 Å². The van der Waals surface area contributed by atoms with E-state index in [1.807, 2.05) is 0 Å². The van der Waals surface area contributed by atoms with E-state index >= 15 is 0 Å². The second-order valence-electron chi connectivity index (χ2n) is 8.44. The number of nitrogens with zero attached hydrogens (tertiary/aromatic N) is 2. The summed E-state index contributed by atoms with van der Waals surface area (Å²) in [4.78, 5) is 9.06. The number of methoxy groups -OCH3 is 2. The largest absolute Gasteiger partial charge is 0.481 e. The van der Waals surface area contributed by atoms with Gasteiger partial charge in [0.1, 0.15) is 5.82 Å². The summed E-state index contributed by atoms with van der Waals surface area (Å²) in [5.41, 5.74) is 0.273. The Morgan fingerprint density at radius 3 is 2.11 bits per heavy atom. The molecule has 154 valence electrons. The third-order valence-electron chi connectivity index (χ3n) is 5.68. The minimum atomic E-state index is 0.157. The van der Waals surface area contributed by atoms with Crippen LogP contribution >= 0.6 is 0 Å². The molecule has 1 aromatic rings. The minimum absolute atomic E-state index is 0.157. The first-order valence-electron chi connectivity index (χ1n) is 10.4. The van der Waals surface area contributed by atoms with E-state index in [0.717, 1.165) is 18.2 Å². The van der Waals surface area contributed by atoms with Crippen molar-refractivity contribution < 1.29 is 9.47 Å². The maximum Gasteiger partial charge on any atom is 0.220 e. The van der Waals surface area contributed by atoms with E-state index in [-0.39, 0.29) is 11.3 Å². The fourth-order valence-electron chi connectivity index (χ4n) is 3.50. The number of unbranched alkanes of at least 4 members (excludes halogenated alkanes) is 1. The lowest BCUT2D eigenvalue weighted by molar-refractivity contribution is 0.207. The highest BCUT2D eigenvalue weighted by Crippen LogP contribution is 2.36. The van der Waals surface area contributed by atoms with Crippen molar-refractivity contribution >= 4 is 0 Å². The molecule has 0 aromatic carbocycles. The van der Waals surface area contributed by atoms with Gasteiger partial charge in [0, 0.05) is 5.92 Å². The molecule has 0 amide bonds. The zero-order valence-corrected chi connectivity index (χ0v) is 18.7. The molecular weight excluding hydrogens is 336 g/mol. The van der Waals surface area contributed by atoms with Gasteiger partial charge in [-0.25, -0.2) is 0 Å². The van der Waals surface area contributed by atoms with Crippen LogP contribution in [0.1, 0.15) is 85.4 Å². The topological polar surface area (TPSA) is 44.2 Å². The van der Waals surface area contributed by atoms with Crippen molar-refractivity contribution in [1.29, 1.82) is 0 Å². The Balaban J connectivity index is 2.87. The second-order valence-corrected chi connectivity index (χ2v) is 8.44. The minimum Gasteiger partial charge on any atom is -0.481 e. The van der Waals surface area contributed by atoms with E-state index in [1.54, 1.807) is 20.3 Å². The van der Waals surface area contributed by atoms with Gasteiger partial charge in [-0.15, -0.1) is 0 Å². The fourth-order valence-corrected chi connectivity index (χ4v) is 3.50. The molecule has 0 saturated heterocycles. The average Bonchev–Trinajstić information content (AvgIpc) is 2.65. The van der Waals surface area contributed by atoms with Crippen molar-refractivity contribution in [3.05, 3.63) is 24.0 Å². The predicted octanol–water partition coefficient (Wildman–Crippen LogP) is 6.42. The Labute approximate surface area is 166 Å². The van der Waals surface area contributed by atoms with Gasteiger partial charge in [0.25, 0.3) is 0 Å². The molecule has 0 saturated carbocycles. The van der Waals surface area contributed by atoms with E-state index in [1.165, 1.54) is 25.7 Å². The molecule has 0 spiro atoms. The molecule has 0 bridgehead atoms. The predicted molar refractivity (Wildman–Crippen MR) is 114 cm³/mol. The van der Waals surface area contributed by atoms with Gasteiger partial charge >= 0.3 is 0 Å². The van der Waals surface area contributed by atoms with Crippen LogP contribution in [0.4, 0.5) is 0 Å².